The van der Waals surface area contributed by atoms with Crippen molar-refractivity contribution < 1.29 is 4.39 Å². The van der Waals surface area contributed by atoms with Crippen LogP contribution in [0, 0.1) is 12.7 Å². The molecule has 0 atom stereocenters. The lowest BCUT2D eigenvalue weighted by Gasteiger charge is -2.02. The van der Waals surface area contributed by atoms with Gasteiger partial charge in [-0.05, 0) is 32.0 Å². The van der Waals surface area contributed by atoms with Crippen molar-refractivity contribution in [3.8, 4) is 0 Å². The summed E-state index contributed by atoms with van der Waals surface area (Å²) in [4.78, 5) is 5.50. The molecule has 0 bridgehead atoms. The van der Waals surface area contributed by atoms with Crippen LogP contribution in [0.5, 0.6) is 0 Å². The topological polar surface area (TPSA) is 50.9 Å². The molecule has 0 amide bonds. The monoisotopic (exact) mass is 251 g/mol. The van der Waals surface area contributed by atoms with Crippen LogP contribution in [0.1, 0.15) is 10.6 Å². The zero-order valence-electron chi connectivity index (χ0n) is 9.53. The summed E-state index contributed by atoms with van der Waals surface area (Å²) >= 11 is 1.52. The molecule has 0 saturated carbocycles. The molecule has 17 heavy (non-hydrogen) atoms. The van der Waals surface area contributed by atoms with Crippen LogP contribution < -0.4 is 11.1 Å². The number of nitrogens with two attached hydrogens (primary N) is 1. The highest BCUT2D eigenvalue weighted by molar-refractivity contribution is 7.15. The second-order valence-electron chi connectivity index (χ2n) is 3.67. The second-order valence-corrected chi connectivity index (χ2v) is 4.75. The van der Waals surface area contributed by atoms with Crippen molar-refractivity contribution >= 4 is 22.2 Å². The van der Waals surface area contributed by atoms with Crippen LogP contribution >= 0.6 is 11.3 Å². The normalized spacial score (nSPS) is 10.5. The molecule has 0 aliphatic heterocycles. The Kier molecular flexibility index (Phi) is 3.71. The third kappa shape index (κ3) is 2.81. The van der Waals surface area contributed by atoms with E-state index in [-0.39, 0.29) is 5.82 Å². The van der Waals surface area contributed by atoms with Crippen molar-refractivity contribution in [2.45, 2.75) is 13.3 Å². The van der Waals surface area contributed by atoms with E-state index in [2.05, 4.69) is 10.3 Å². The van der Waals surface area contributed by atoms with Crippen LogP contribution in [0.2, 0.25) is 0 Å². The van der Waals surface area contributed by atoms with Gasteiger partial charge in [-0.25, -0.2) is 9.37 Å². The molecule has 0 aliphatic carbocycles. The maximum Gasteiger partial charge on any atom is 0.187 e. The predicted molar refractivity (Wildman–Crippen MR) is 69.3 cm³/mol. The lowest BCUT2D eigenvalue weighted by Crippen LogP contribution is -2.01. The Hall–Kier alpha value is -1.46. The molecule has 0 aliphatic rings. The van der Waals surface area contributed by atoms with Gasteiger partial charge in [0, 0.05) is 4.88 Å². The highest BCUT2D eigenvalue weighted by Crippen LogP contribution is 2.26. The summed E-state index contributed by atoms with van der Waals surface area (Å²) in [5, 5.41) is 3.69. The first kappa shape index (κ1) is 12.0. The quantitative estimate of drug-likeness (QED) is 0.878. The minimum Gasteiger partial charge on any atom is -0.330 e. The SMILES string of the molecule is Cc1nc(Nc2ccccc2F)sc1CCN. The van der Waals surface area contributed by atoms with Crippen LogP contribution in [0.3, 0.4) is 0 Å². The van der Waals surface area contributed by atoms with Crippen molar-refractivity contribution in [3.05, 3.63) is 40.7 Å². The number of nitrogens with zero attached hydrogens (tertiary/aromatic N) is 1. The fourth-order valence-electron chi connectivity index (χ4n) is 1.52. The zero-order chi connectivity index (χ0) is 12.3. The van der Waals surface area contributed by atoms with E-state index >= 15 is 0 Å². The fraction of sp³-hybridized carbons (Fsp3) is 0.250. The van der Waals surface area contributed by atoms with Gasteiger partial charge in [-0.2, -0.15) is 0 Å². The number of thiazole rings is 1. The van der Waals surface area contributed by atoms with Gasteiger partial charge in [0.1, 0.15) is 5.82 Å². The highest BCUT2D eigenvalue weighted by atomic mass is 32.1. The molecule has 0 radical (unpaired) electrons. The standard InChI is InChI=1S/C12H14FN3S/c1-8-11(6-7-14)17-12(15-8)16-10-5-3-2-4-9(10)13/h2-5H,6-7,14H2,1H3,(H,15,16). The highest BCUT2D eigenvalue weighted by Gasteiger charge is 2.08. The number of hydrogen-bond acceptors (Lipinski definition) is 4. The van der Waals surface area contributed by atoms with Gasteiger partial charge in [0.15, 0.2) is 5.13 Å². The molecule has 5 heteroatoms. The molecule has 3 nitrogen and oxygen atoms in total. The van der Waals surface area contributed by atoms with Crippen LogP contribution in [-0.4, -0.2) is 11.5 Å². The summed E-state index contributed by atoms with van der Waals surface area (Å²) < 4.78 is 13.4. The van der Waals surface area contributed by atoms with E-state index in [1.807, 2.05) is 6.92 Å². The van der Waals surface area contributed by atoms with Crippen LogP contribution in [0.15, 0.2) is 24.3 Å². The first-order valence-corrected chi connectivity index (χ1v) is 6.20. The first-order chi connectivity index (χ1) is 8.20. The van der Waals surface area contributed by atoms with Crippen molar-refractivity contribution in [2.75, 3.05) is 11.9 Å². The molecule has 0 spiro atoms. The van der Waals surface area contributed by atoms with Crippen LogP contribution in [0.4, 0.5) is 15.2 Å². The number of rotatable bonds is 4. The van der Waals surface area contributed by atoms with Gasteiger partial charge in [0.2, 0.25) is 0 Å². The Morgan fingerprint density at radius 3 is 2.88 bits per heavy atom. The first-order valence-electron chi connectivity index (χ1n) is 5.38. The third-order valence-electron chi connectivity index (χ3n) is 2.38. The Morgan fingerprint density at radius 2 is 2.18 bits per heavy atom. The van der Waals surface area contributed by atoms with Gasteiger partial charge in [-0.3, -0.25) is 0 Å². The maximum atomic E-state index is 13.4. The van der Waals surface area contributed by atoms with E-state index in [9.17, 15) is 4.39 Å². The van der Waals surface area contributed by atoms with Crippen LogP contribution in [-0.2, 0) is 6.42 Å². The third-order valence-corrected chi connectivity index (χ3v) is 3.51. The molecule has 2 aromatic rings. The number of hydrogen-bond donors (Lipinski definition) is 2. The summed E-state index contributed by atoms with van der Waals surface area (Å²) in [6, 6.07) is 6.55. The summed E-state index contributed by atoms with van der Waals surface area (Å²) in [5.74, 6) is -0.277. The van der Waals surface area contributed by atoms with E-state index in [1.54, 1.807) is 18.2 Å². The van der Waals surface area contributed by atoms with Gasteiger partial charge in [0.05, 0.1) is 11.4 Å². The van der Waals surface area contributed by atoms with E-state index in [0.717, 1.165) is 17.0 Å². The molecule has 0 unspecified atom stereocenters. The number of aromatic nitrogens is 1. The van der Waals surface area contributed by atoms with E-state index in [4.69, 9.17) is 5.73 Å². The van der Waals surface area contributed by atoms with Gasteiger partial charge >= 0.3 is 0 Å². The Balaban J connectivity index is 2.19. The average Bonchev–Trinajstić information content (AvgIpc) is 2.63. The Labute approximate surface area is 103 Å². The van der Waals surface area contributed by atoms with Crippen molar-refractivity contribution in [2.24, 2.45) is 5.73 Å². The lowest BCUT2D eigenvalue weighted by atomic mass is 10.3. The number of halogens is 1. The molecule has 0 saturated heterocycles. The predicted octanol–water partition coefficient (Wildman–Crippen LogP) is 2.84. The second kappa shape index (κ2) is 5.25. The molecule has 1 aromatic carbocycles. The molecule has 2 rings (SSSR count). The molecular weight excluding hydrogens is 237 g/mol. The van der Waals surface area contributed by atoms with E-state index in [0.29, 0.717) is 17.4 Å². The molecule has 1 aromatic heterocycles. The molecule has 0 fully saturated rings. The van der Waals surface area contributed by atoms with Crippen molar-refractivity contribution in [3.63, 3.8) is 0 Å². The minimum atomic E-state index is -0.277. The average molecular weight is 251 g/mol. The largest absolute Gasteiger partial charge is 0.330 e. The van der Waals surface area contributed by atoms with Crippen molar-refractivity contribution in [1.29, 1.82) is 0 Å². The number of aryl methyl sites for hydroxylation is 1. The Morgan fingerprint density at radius 1 is 1.41 bits per heavy atom. The number of anilines is 2. The lowest BCUT2D eigenvalue weighted by molar-refractivity contribution is 0.632. The minimum absolute atomic E-state index is 0.277. The fourth-order valence-corrected chi connectivity index (χ4v) is 2.51. The van der Waals surface area contributed by atoms with E-state index in [1.165, 1.54) is 17.4 Å². The molecular formula is C12H14FN3S. The maximum absolute atomic E-state index is 13.4. The molecule has 90 valence electrons. The van der Waals surface area contributed by atoms with Gasteiger partial charge in [0.25, 0.3) is 0 Å². The number of nitrogens with one attached hydrogen (secondary N) is 1. The van der Waals surface area contributed by atoms with Gasteiger partial charge in [-0.1, -0.05) is 12.1 Å². The number of para-hydroxylation sites is 1. The summed E-state index contributed by atoms with van der Waals surface area (Å²) in [6.45, 7) is 2.54. The number of benzene rings is 1. The smallest absolute Gasteiger partial charge is 0.187 e. The summed E-state index contributed by atoms with van der Waals surface area (Å²) in [7, 11) is 0. The molecule has 3 N–H and O–H groups in total. The van der Waals surface area contributed by atoms with Gasteiger partial charge in [-0.15, -0.1) is 11.3 Å². The Bertz CT molecular complexity index is 510. The molecule has 1 heterocycles. The summed E-state index contributed by atoms with van der Waals surface area (Å²) in [6.07, 6.45) is 0.808. The van der Waals surface area contributed by atoms with Crippen LogP contribution in [0.25, 0.3) is 0 Å². The van der Waals surface area contributed by atoms with Crippen molar-refractivity contribution in [1.82, 2.24) is 4.98 Å². The van der Waals surface area contributed by atoms with Gasteiger partial charge < -0.3 is 11.1 Å². The summed E-state index contributed by atoms with van der Waals surface area (Å²) in [5.41, 5.74) is 6.92. The zero-order valence-corrected chi connectivity index (χ0v) is 10.4. The van der Waals surface area contributed by atoms with E-state index < -0.39 is 0 Å².